The molecular formula is C11H16N2O4. The lowest BCUT2D eigenvalue weighted by molar-refractivity contribution is -0.141. The average molecular weight is 240 g/mol. The Hall–Kier alpha value is -1.69. The van der Waals surface area contributed by atoms with Crippen molar-refractivity contribution in [2.45, 2.75) is 26.4 Å². The summed E-state index contributed by atoms with van der Waals surface area (Å²) in [6, 6.07) is 0. The highest BCUT2D eigenvalue weighted by Crippen LogP contribution is 2.05. The van der Waals surface area contributed by atoms with Crippen molar-refractivity contribution in [2.75, 3.05) is 13.3 Å². The van der Waals surface area contributed by atoms with Crippen LogP contribution in [0.4, 0.5) is 0 Å². The fourth-order valence-electron chi connectivity index (χ4n) is 1.12. The van der Waals surface area contributed by atoms with Gasteiger partial charge in [-0.15, -0.1) is 0 Å². The summed E-state index contributed by atoms with van der Waals surface area (Å²) in [5.41, 5.74) is -0.353. The SMILES string of the molecule is CC(C)(C)OCNC(=O)CN1C(=O)C=CC1=O. The molecular weight excluding hydrogens is 224 g/mol. The lowest BCUT2D eigenvalue weighted by atomic mass is 10.2. The molecule has 0 saturated heterocycles. The summed E-state index contributed by atoms with van der Waals surface area (Å²) < 4.78 is 5.28. The van der Waals surface area contributed by atoms with E-state index in [0.717, 1.165) is 17.1 Å². The van der Waals surface area contributed by atoms with Crippen molar-refractivity contribution < 1.29 is 19.1 Å². The normalized spacial score (nSPS) is 15.6. The predicted octanol–water partition coefficient (Wildman–Crippen LogP) is -0.200. The van der Waals surface area contributed by atoms with Crippen LogP contribution in [0.3, 0.4) is 0 Å². The lowest BCUT2D eigenvalue weighted by Gasteiger charge is -2.20. The van der Waals surface area contributed by atoms with Crippen LogP contribution in [0.5, 0.6) is 0 Å². The summed E-state index contributed by atoms with van der Waals surface area (Å²) >= 11 is 0. The first-order valence-electron chi connectivity index (χ1n) is 5.24. The number of hydrogen-bond donors (Lipinski definition) is 1. The van der Waals surface area contributed by atoms with Gasteiger partial charge in [-0.2, -0.15) is 0 Å². The molecule has 0 aromatic rings. The molecule has 6 heteroatoms. The van der Waals surface area contributed by atoms with Crippen molar-refractivity contribution in [3.8, 4) is 0 Å². The maximum atomic E-state index is 11.4. The Labute approximate surface area is 99.6 Å². The zero-order valence-electron chi connectivity index (χ0n) is 10.1. The van der Waals surface area contributed by atoms with Crippen LogP contribution in [-0.2, 0) is 19.1 Å². The van der Waals surface area contributed by atoms with Gasteiger partial charge in [0.25, 0.3) is 11.8 Å². The number of nitrogens with one attached hydrogen (secondary N) is 1. The van der Waals surface area contributed by atoms with Crippen LogP contribution in [0.1, 0.15) is 20.8 Å². The summed E-state index contributed by atoms with van der Waals surface area (Å²) in [4.78, 5) is 34.6. The van der Waals surface area contributed by atoms with Crippen LogP contribution in [0.2, 0.25) is 0 Å². The molecule has 0 fully saturated rings. The molecule has 94 valence electrons. The number of rotatable bonds is 4. The van der Waals surface area contributed by atoms with E-state index >= 15 is 0 Å². The summed E-state index contributed by atoms with van der Waals surface area (Å²) in [5.74, 6) is -1.37. The highest BCUT2D eigenvalue weighted by Gasteiger charge is 2.25. The summed E-state index contributed by atoms with van der Waals surface area (Å²) in [6.07, 6.45) is 2.28. The molecule has 0 unspecified atom stereocenters. The van der Waals surface area contributed by atoms with Crippen LogP contribution in [0.25, 0.3) is 0 Å². The maximum Gasteiger partial charge on any atom is 0.254 e. The molecule has 0 aromatic heterocycles. The summed E-state index contributed by atoms with van der Waals surface area (Å²) in [5, 5.41) is 2.47. The van der Waals surface area contributed by atoms with Gasteiger partial charge in [0.1, 0.15) is 13.3 Å². The Morgan fingerprint density at radius 1 is 1.29 bits per heavy atom. The molecule has 0 spiro atoms. The highest BCUT2D eigenvalue weighted by molar-refractivity contribution is 6.14. The molecule has 0 aromatic carbocycles. The largest absolute Gasteiger partial charge is 0.356 e. The molecule has 1 aliphatic rings. The molecule has 1 aliphatic heterocycles. The molecule has 0 saturated carbocycles. The van der Waals surface area contributed by atoms with Crippen molar-refractivity contribution in [3.05, 3.63) is 12.2 Å². The minimum absolute atomic E-state index is 0.0476. The van der Waals surface area contributed by atoms with Crippen LogP contribution in [-0.4, -0.2) is 41.5 Å². The molecule has 3 amide bonds. The molecule has 6 nitrogen and oxygen atoms in total. The van der Waals surface area contributed by atoms with E-state index in [2.05, 4.69) is 5.32 Å². The van der Waals surface area contributed by atoms with Gasteiger partial charge in [0.05, 0.1) is 5.60 Å². The number of amides is 3. The third-order valence-electron chi connectivity index (χ3n) is 1.98. The smallest absolute Gasteiger partial charge is 0.254 e. The van der Waals surface area contributed by atoms with Gasteiger partial charge in [-0.3, -0.25) is 19.3 Å². The summed E-state index contributed by atoms with van der Waals surface area (Å²) in [6.45, 7) is 5.34. The Morgan fingerprint density at radius 3 is 2.29 bits per heavy atom. The van der Waals surface area contributed by atoms with E-state index in [-0.39, 0.29) is 18.9 Å². The van der Waals surface area contributed by atoms with Gasteiger partial charge in [0.2, 0.25) is 5.91 Å². The van der Waals surface area contributed by atoms with Crippen molar-refractivity contribution in [3.63, 3.8) is 0 Å². The van der Waals surface area contributed by atoms with Crippen LogP contribution in [0, 0.1) is 0 Å². The monoisotopic (exact) mass is 240 g/mol. The van der Waals surface area contributed by atoms with Crippen molar-refractivity contribution in [1.29, 1.82) is 0 Å². The van der Waals surface area contributed by atoms with Crippen LogP contribution >= 0.6 is 0 Å². The van der Waals surface area contributed by atoms with E-state index in [4.69, 9.17) is 4.74 Å². The Morgan fingerprint density at radius 2 is 1.82 bits per heavy atom. The minimum atomic E-state index is -0.470. The fourth-order valence-corrected chi connectivity index (χ4v) is 1.12. The van der Waals surface area contributed by atoms with Crippen LogP contribution < -0.4 is 5.32 Å². The fraction of sp³-hybridized carbons (Fsp3) is 0.545. The van der Waals surface area contributed by atoms with E-state index in [0.29, 0.717) is 0 Å². The second-order valence-electron chi connectivity index (χ2n) is 4.60. The van der Waals surface area contributed by atoms with E-state index in [9.17, 15) is 14.4 Å². The Bertz CT molecular complexity index is 350. The van der Waals surface area contributed by atoms with Gasteiger partial charge < -0.3 is 10.1 Å². The first kappa shape index (κ1) is 13.4. The van der Waals surface area contributed by atoms with Gasteiger partial charge in [-0.25, -0.2) is 0 Å². The van der Waals surface area contributed by atoms with E-state index in [1.54, 1.807) is 0 Å². The molecule has 0 bridgehead atoms. The Kier molecular flexibility index (Phi) is 4.01. The zero-order valence-corrected chi connectivity index (χ0v) is 10.1. The molecule has 0 radical (unpaired) electrons. The topological polar surface area (TPSA) is 75.7 Å². The molecule has 1 N–H and O–H groups in total. The maximum absolute atomic E-state index is 11.4. The van der Waals surface area contributed by atoms with Gasteiger partial charge >= 0.3 is 0 Å². The van der Waals surface area contributed by atoms with Gasteiger partial charge in [0.15, 0.2) is 0 Å². The zero-order chi connectivity index (χ0) is 13.1. The second kappa shape index (κ2) is 5.09. The number of ether oxygens (including phenoxy) is 1. The number of imide groups is 1. The van der Waals surface area contributed by atoms with Gasteiger partial charge in [0, 0.05) is 12.2 Å². The molecule has 0 aliphatic carbocycles. The number of carbonyl (C=O) groups excluding carboxylic acids is 3. The van der Waals surface area contributed by atoms with E-state index < -0.39 is 17.7 Å². The summed E-state index contributed by atoms with van der Waals surface area (Å²) in [7, 11) is 0. The number of hydrogen-bond acceptors (Lipinski definition) is 4. The Balaban J connectivity index is 2.31. The number of carbonyl (C=O) groups is 3. The average Bonchev–Trinajstić information content (AvgIpc) is 2.47. The lowest BCUT2D eigenvalue weighted by Crippen LogP contribution is -2.42. The van der Waals surface area contributed by atoms with Gasteiger partial charge in [-0.05, 0) is 20.8 Å². The minimum Gasteiger partial charge on any atom is -0.356 e. The van der Waals surface area contributed by atoms with E-state index in [1.807, 2.05) is 20.8 Å². The van der Waals surface area contributed by atoms with Crippen LogP contribution in [0.15, 0.2) is 12.2 Å². The predicted molar refractivity (Wildman–Crippen MR) is 59.7 cm³/mol. The molecule has 0 atom stereocenters. The highest BCUT2D eigenvalue weighted by atomic mass is 16.5. The molecule has 17 heavy (non-hydrogen) atoms. The third-order valence-corrected chi connectivity index (χ3v) is 1.98. The van der Waals surface area contributed by atoms with Crippen molar-refractivity contribution in [2.24, 2.45) is 0 Å². The third kappa shape index (κ3) is 4.36. The first-order valence-corrected chi connectivity index (χ1v) is 5.24. The van der Waals surface area contributed by atoms with Gasteiger partial charge in [-0.1, -0.05) is 0 Å². The van der Waals surface area contributed by atoms with E-state index in [1.165, 1.54) is 0 Å². The second-order valence-corrected chi connectivity index (χ2v) is 4.60. The standard InChI is InChI=1S/C11H16N2O4/c1-11(2,3)17-7-12-8(14)6-13-9(15)4-5-10(13)16/h4-5H,6-7H2,1-3H3,(H,12,14). The molecule has 1 heterocycles. The van der Waals surface area contributed by atoms with Crippen molar-refractivity contribution in [1.82, 2.24) is 10.2 Å². The van der Waals surface area contributed by atoms with Crippen molar-refractivity contribution >= 4 is 17.7 Å². The quantitative estimate of drug-likeness (QED) is 0.545. The number of nitrogens with zero attached hydrogens (tertiary/aromatic N) is 1. The molecule has 1 rings (SSSR count). The first-order chi connectivity index (χ1) is 7.79.